The van der Waals surface area contributed by atoms with E-state index in [0.717, 1.165) is 43.0 Å². The van der Waals surface area contributed by atoms with Crippen molar-refractivity contribution in [1.29, 1.82) is 0 Å². The molecule has 0 bridgehead atoms. The molecule has 5 heteroatoms. The van der Waals surface area contributed by atoms with Gasteiger partial charge in [-0.3, -0.25) is 9.78 Å². The lowest BCUT2D eigenvalue weighted by Crippen LogP contribution is -2.39. The average Bonchev–Trinajstić information content (AvgIpc) is 3.26. The highest BCUT2D eigenvalue weighted by Crippen LogP contribution is 2.32. The molecule has 5 nitrogen and oxygen atoms in total. The molecule has 2 aromatic rings. The van der Waals surface area contributed by atoms with Crippen LogP contribution in [0.5, 0.6) is 0 Å². The summed E-state index contributed by atoms with van der Waals surface area (Å²) in [7, 11) is 0. The first-order valence-electron chi connectivity index (χ1n) is 7.06. The molecule has 0 aromatic carbocycles. The minimum atomic E-state index is 0.286. The summed E-state index contributed by atoms with van der Waals surface area (Å²) in [6, 6.07) is 3.97. The number of aromatic nitrogens is 3. The molecule has 2 aromatic heterocycles. The molecule has 1 fully saturated rings. The Kier molecular flexibility index (Phi) is 2.58. The Bertz CT molecular complexity index is 645. The normalized spacial score (nSPS) is 17.9. The van der Waals surface area contributed by atoms with E-state index in [4.69, 9.17) is 0 Å². The molecular formula is C15H16N4O. The summed E-state index contributed by atoms with van der Waals surface area (Å²) in [5.74, 6) is 1.57. The third-order valence-electron chi connectivity index (χ3n) is 4.06. The van der Waals surface area contributed by atoms with Crippen LogP contribution >= 0.6 is 0 Å². The van der Waals surface area contributed by atoms with E-state index in [2.05, 4.69) is 14.5 Å². The summed E-state index contributed by atoms with van der Waals surface area (Å²) in [4.78, 5) is 22.7. The Labute approximate surface area is 117 Å². The van der Waals surface area contributed by atoms with Crippen LogP contribution in [0.4, 0.5) is 0 Å². The fourth-order valence-electron chi connectivity index (χ4n) is 2.78. The maximum atomic E-state index is 12.1. The molecule has 0 saturated heterocycles. The average molecular weight is 268 g/mol. The van der Waals surface area contributed by atoms with E-state index in [0.29, 0.717) is 12.5 Å². The number of amides is 1. The van der Waals surface area contributed by atoms with Gasteiger partial charge >= 0.3 is 0 Å². The molecule has 0 unspecified atom stereocenters. The molecule has 0 atom stereocenters. The monoisotopic (exact) mass is 268 g/mol. The lowest BCUT2D eigenvalue weighted by atomic mass is 10.2. The number of imidazole rings is 1. The zero-order chi connectivity index (χ0) is 13.5. The van der Waals surface area contributed by atoms with E-state index in [1.54, 1.807) is 6.20 Å². The zero-order valence-corrected chi connectivity index (χ0v) is 11.2. The highest BCUT2D eigenvalue weighted by atomic mass is 16.2. The van der Waals surface area contributed by atoms with Crippen molar-refractivity contribution >= 4 is 5.91 Å². The molecule has 2 aliphatic rings. The molecule has 1 aliphatic carbocycles. The minimum absolute atomic E-state index is 0.286. The van der Waals surface area contributed by atoms with Gasteiger partial charge in [-0.05, 0) is 25.0 Å². The predicted octanol–water partition coefficient (Wildman–Crippen LogP) is 1.70. The Morgan fingerprint density at radius 1 is 1.25 bits per heavy atom. The van der Waals surface area contributed by atoms with Crippen LogP contribution in [0.3, 0.4) is 0 Å². The fourth-order valence-corrected chi connectivity index (χ4v) is 2.78. The van der Waals surface area contributed by atoms with Gasteiger partial charge in [0.25, 0.3) is 0 Å². The van der Waals surface area contributed by atoms with Gasteiger partial charge in [-0.15, -0.1) is 0 Å². The number of fused-ring (bicyclic) bond motifs is 1. The smallest absolute Gasteiger partial charge is 0.226 e. The van der Waals surface area contributed by atoms with Crippen molar-refractivity contribution in [2.75, 3.05) is 6.54 Å². The standard InChI is InChI=1S/C15H16N4O/c20-15(11-3-4-11)18-6-7-19-13(9-17-14(19)10-18)12-2-1-5-16-8-12/h1-2,5,8-9,11H,3-4,6-7,10H2. The van der Waals surface area contributed by atoms with Gasteiger partial charge in [0.05, 0.1) is 18.4 Å². The van der Waals surface area contributed by atoms with Crippen molar-refractivity contribution in [3.8, 4) is 11.3 Å². The molecule has 20 heavy (non-hydrogen) atoms. The number of carbonyl (C=O) groups is 1. The SMILES string of the molecule is O=C(C1CC1)N1CCn2c(-c3cccnc3)cnc2C1. The number of hydrogen-bond acceptors (Lipinski definition) is 3. The summed E-state index contributed by atoms with van der Waals surface area (Å²) in [6.45, 7) is 2.24. The Balaban J connectivity index is 1.61. The maximum Gasteiger partial charge on any atom is 0.226 e. The van der Waals surface area contributed by atoms with E-state index in [-0.39, 0.29) is 5.92 Å². The Morgan fingerprint density at radius 3 is 2.90 bits per heavy atom. The predicted molar refractivity (Wildman–Crippen MR) is 73.6 cm³/mol. The third-order valence-corrected chi connectivity index (χ3v) is 4.06. The van der Waals surface area contributed by atoms with Crippen LogP contribution in [0.15, 0.2) is 30.7 Å². The van der Waals surface area contributed by atoms with Crippen LogP contribution in [0, 0.1) is 5.92 Å². The number of rotatable bonds is 2. The number of pyridine rings is 1. The quantitative estimate of drug-likeness (QED) is 0.833. The van der Waals surface area contributed by atoms with Crippen LogP contribution in [0.1, 0.15) is 18.7 Å². The van der Waals surface area contributed by atoms with E-state index >= 15 is 0 Å². The second-order valence-corrected chi connectivity index (χ2v) is 5.49. The van der Waals surface area contributed by atoms with Gasteiger partial charge < -0.3 is 9.47 Å². The number of nitrogens with zero attached hydrogens (tertiary/aromatic N) is 4. The lowest BCUT2D eigenvalue weighted by Gasteiger charge is -2.28. The van der Waals surface area contributed by atoms with Gasteiger partial charge in [-0.25, -0.2) is 4.98 Å². The zero-order valence-electron chi connectivity index (χ0n) is 11.2. The van der Waals surface area contributed by atoms with E-state index < -0.39 is 0 Å². The highest BCUT2D eigenvalue weighted by molar-refractivity contribution is 5.81. The lowest BCUT2D eigenvalue weighted by molar-refractivity contribution is -0.134. The summed E-state index contributed by atoms with van der Waals surface area (Å²) in [5.41, 5.74) is 2.17. The number of carbonyl (C=O) groups excluding carboxylic acids is 1. The molecular weight excluding hydrogens is 252 g/mol. The molecule has 3 heterocycles. The van der Waals surface area contributed by atoms with Crippen molar-refractivity contribution in [2.24, 2.45) is 5.92 Å². The van der Waals surface area contributed by atoms with Crippen LogP contribution in [-0.4, -0.2) is 31.9 Å². The van der Waals surface area contributed by atoms with Crippen LogP contribution < -0.4 is 0 Å². The summed E-state index contributed by atoms with van der Waals surface area (Å²) in [6.07, 6.45) is 7.63. The summed E-state index contributed by atoms with van der Waals surface area (Å²) in [5, 5.41) is 0. The second kappa shape index (κ2) is 4.44. The third kappa shape index (κ3) is 1.90. The van der Waals surface area contributed by atoms with Gasteiger partial charge in [0, 0.05) is 37.0 Å². The molecule has 1 saturated carbocycles. The molecule has 1 amide bonds. The van der Waals surface area contributed by atoms with Gasteiger partial charge in [-0.2, -0.15) is 0 Å². The second-order valence-electron chi connectivity index (χ2n) is 5.49. The molecule has 0 spiro atoms. The first kappa shape index (κ1) is 11.6. The molecule has 1 aliphatic heterocycles. The first-order chi connectivity index (χ1) is 9.83. The summed E-state index contributed by atoms with van der Waals surface area (Å²) < 4.78 is 2.20. The summed E-state index contributed by atoms with van der Waals surface area (Å²) >= 11 is 0. The van der Waals surface area contributed by atoms with E-state index in [9.17, 15) is 4.79 Å². The van der Waals surface area contributed by atoms with Gasteiger partial charge in [-0.1, -0.05) is 0 Å². The van der Waals surface area contributed by atoms with Crippen LogP contribution in [0.25, 0.3) is 11.3 Å². The van der Waals surface area contributed by atoms with E-state index in [1.165, 1.54) is 0 Å². The topological polar surface area (TPSA) is 51.0 Å². The fraction of sp³-hybridized carbons (Fsp3) is 0.400. The molecule has 4 rings (SSSR count). The van der Waals surface area contributed by atoms with Crippen molar-refractivity contribution in [3.05, 3.63) is 36.5 Å². The first-order valence-corrected chi connectivity index (χ1v) is 7.06. The number of hydrogen-bond donors (Lipinski definition) is 0. The van der Waals surface area contributed by atoms with Gasteiger partial charge in [0.2, 0.25) is 5.91 Å². The van der Waals surface area contributed by atoms with Crippen molar-refractivity contribution in [1.82, 2.24) is 19.4 Å². The van der Waals surface area contributed by atoms with Gasteiger partial charge in [0.15, 0.2) is 0 Å². The van der Waals surface area contributed by atoms with Crippen LogP contribution in [-0.2, 0) is 17.9 Å². The maximum absolute atomic E-state index is 12.1. The molecule has 0 radical (unpaired) electrons. The van der Waals surface area contributed by atoms with E-state index in [1.807, 2.05) is 29.4 Å². The van der Waals surface area contributed by atoms with Crippen molar-refractivity contribution < 1.29 is 4.79 Å². The highest BCUT2D eigenvalue weighted by Gasteiger charge is 2.35. The van der Waals surface area contributed by atoms with Crippen molar-refractivity contribution in [3.63, 3.8) is 0 Å². The van der Waals surface area contributed by atoms with Crippen LogP contribution in [0.2, 0.25) is 0 Å². The molecule has 0 N–H and O–H groups in total. The largest absolute Gasteiger partial charge is 0.333 e. The van der Waals surface area contributed by atoms with Gasteiger partial charge in [0.1, 0.15) is 5.82 Å². The minimum Gasteiger partial charge on any atom is -0.333 e. The Hall–Kier alpha value is -2.17. The Morgan fingerprint density at radius 2 is 2.15 bits per heavy atom. The van der Waals surface area contributed by atoms with Crippen molar-refractivity contribution in [2.45, 2.75) is 25.9 Å². The molecule has 102 valence electrons.